The van der Waals surface area contributed by atoms with Crippen molar-refractivity contribution >= 4 is 37.9 Å². The van der Waals surface area contributed by atoms with E-state index in [0.717, 1.165) is 0 Å². The smallest absolute Gasteiger partial charge is 0.194 e. The van der Waals surface area contributed by atoms with Gasteiger partial charge in [-0.3, -0.25) is 0 Å². The van der Waals surface area contributed by atoms with Crippen molar-refractivity contribution in [2.45, 2.75) is 49.4 Å². The molecule has 4 aromatic rings. The molecule has 4 aromatic carbocycles. The molecule has 0 atom stereocenters. The zero-order chi connectivity index (χ0) is 49.8. The molecule has 0 bridgehead atoms. The number of hydrogen-bond donors (Lipinski definition) is 0. The molecule has 1 nitrogen and oxygen atoms in total. The van der Waals surface area contributed by atoms with E-state index in [4.69, 9.17) is 0 Å². The summed E-state index contributed by atoms with van der Waals surface area (Å²) in [5.74, 6) is 0.632. The summed E-state index contributed by atoms with van der Waals surface area (Å²) in [6, 6.07) is -8.81. The molecule has 4 rings (SSSR count). The normalized spacial score (nSPS) is 14.0. The van der Waals surface area contributed by atoms with Gasteiger partial charge in [-0.2, -0.15) is 127 Å². The highest BCUT2D eigenvalue weighted by atomic mass is 32.2. The number of halogens is 24. The zero-order valence-electron chi connectivity index (χ0n) is 31.4. The molecule has 0 saturated carbocycles. The number of hydrogen-bond acceptors (Lipinski definition) is 1. The summed E-state index contributed by atoms with van der Waals surface area (Å²) in [7, 11) is -1.54. The van der Waals surface area contributed by atoms with Crippen LogP contribution in [-0.2, 0) is 63.6 Å². The molecule has 0 aliphatic heterocycles. The van der Waals surface area contributed by atoms with Crippen molar-refractivity contribution < 1.29 is 110 Å². The monoisotopic (exact) mass is 982 g/mol. The Kier molecular flexibility index (Phi) is 14.4. The van der Waals surface area contributed by atoms with Crippen molar-refractivity contribution in [1.29, 1.82) is 0 Å². The second-order valence-corrected chi connectivity index (χ2v) is 17.3. The molecular formula is C37H23BF24OS. The van der Waals surface area contributed by atoms with E-state index in [0.29, 0.717) is 5.75 Å². The van der Waals surface area contributed by atoms with Gasteiger partial charge in [0.1, 0.15) is 24.4 Å². The van der Waals surface area contributed by atoms with Gasteiger partial charge in [-0.25, -0.2) is 0 Å². The van der Waals surface area contributed by atoms with Gasteiger partial charge in [-0.1, -0.05) is 55.1 Å². The third-order valence-corrected chi connectivity index (χ3v) is 10.00. The summed E-state index contributed by atoms with van der Waals surface area (Å²) in [6.45, 7) is 3.47. The maximum Gasteiger partial charge on any atom is 0.416 e. The van der Waals surface area contributed by atoms with Crippen LogP contribution in [-0.4, -0.2) is 24.4 Å². The minimum absolute atomic E-state index is 0.632. The highest BCUT2D eigenvalue weighted by molar-refractivity contribution is 8.01. The van der Waals surface area contributed by atoms with E-state index >= 15 is 0 Å². The van der Waals surface area contributed by atoms with Gasteiger partial charge in [-0.15, -0.1) is 4.21 Å². The fourth-order valence-electron chi connectivity index (χ4n) is 6.35. The molecule has 0 aliphatic rings. The van der Waals surface area contributed by atoms with Crippen LogP contribution in [0.3, 0.4) is 0 Å². The van der Waals surface area contributed by atoms with Crippen LogP contribution >= 0.6 is 0 Å². The molecule has 0 amide bonds. The molecule has 0 spiro atoms. The highest BCUT2D eigenvalue weighted by Crippen LogP contribution is 2.41. The van der Waals surface area contributed by atoms with E-state index < -0.39 is 205 Å². The lowest BCUT2D eigenvalue weighted by atomic mass is 9.12. The van der Waals surface area contributed by atoms with Gasteiger partial charge in [0.15, 0.2) is 0 Å². The van der Waals surface area contributed by atoms with Crippen LogP contribution in [0.25, 0.3) is 0 Å². The molecule has 0 aromatic heterocycles. The van der Waals surface area contributed by atoms with Crippen LogP contribution in [0, 0.1) is 0 Å². The van der Waals surface area contributed by atoms with Crippen molar-refractivity contribution in [3.05, 3.63) is 130 Å². The van der Waals surface area contributed by atoms with E-state index in [2.05, 4.69) is 6.58 Å². The van der Waals surface area contributed by atoms with E-state index in [1.165, 1.54) is 0 Å². The molecule has 0 fully saturated rings. The Morgan fingerprint density at radius 3 is 0.578 bits per heavy atom. The first kappa shape index (κ1) is 53.5. The Morgan fingerprint density at radius 2 is 0.500 bits per heavy atom. The minimum atomic E-state index is -6.13. The minimum Gasteiger partial charge on any atom is -0.194 e. The molecule has 0 saturated heterocycles. The number of alkyl halides is 24. The fourth-order valence-corrected chi connectivity index (χ4v) is 6.92. The summed E-state index contributed by atoms with van der Waals surface area (Å²) in [5, 5.41) is 0. The van der Waals surface area contributed by atoms with Crippen LogP contribution < -0.4 is 21.9 Å². The van der Waals surface area contributed by atoms with Gasteiger partial charge in [0.25, 0.3) is 0 Å². The van der Waals surface area contributed by atoms with Crippen LogP contribution in [0.5, 0.6) is 0 Å². The number of rotatable bonds is 6. The van der Waals surface area contributed by atoms with Gasteiger partial charge < -0.3 is 0 Å². The third kappa shape index (κ3) is 12.7. The Hall–Kier alpha value is -4.85. The first-order valence-corrected chi connectivity index (χ1v) is 19.3. The summed E-state index contributed by atoms with van der Waals surface area (Å²) >= 11 is 0. The third-order valence-electron chi connectivity index (χ3n) is 8.96. The lowest BCUT2D eigenvalue weighted by molar-refractivity contribution is -0.144. The fraction of sp³-hybridized carbons (Fsp3) is 0.297. The van der Waals surface area contributed by atoms with Crippen molar-refractivity contribution in [3.63, 3.8) is 0 Å². The van der Waals surface area contributed by atoms with Crippen molar-refractivity contribution in [3.8, 4) is 0 Å². The highest BCUT2D eigenvalue weighted by Gasteiger charge is 2.47. The maximum atomic E-state index is 14.2. The summed E-state index contributed by atoms with van der Waals surface area (Å²) in [6.07, 6.45) is -49.7. The van der Waals surface area contributed by atoms with Gasteiger partial charge in [0, 0.05) is 0 Å². The Labute approximate surface area is 345 Å². The summed E-state index contributed by atoms with van der Waals surface area (Å²) in [5.41, 5.74) is -30.2. The van der Waals surface area contributed by atoms with Gasteiger partial charge in [-0.05, 0) is 30.3 Å². The van der Waals surface area contributed by atoms with E-state index in [9.17, 15) is 110 Å². The maximum absolute atomic E-state index is 14.2. The van der Waals surface area contributed by atoms with E-state index in [-0.39, 0.29) is 0 Å². The molecule has 0 N–H and O–H groups in total. The molecule has 0 heterocycles. The quantitative estimate of drug-likeness (QED) is 0.0814. The molecular weight excluding hydrogens is 959 g/mol. The summed E-state index contributed by atoms with van der Waals surface area (Å²) < 4.78 is 352. The molecule has 64 heavy (non-hydrogen) atoms. The standard InChI is InChI=1S/C32H12BF24.C5H11OS/c34-25(35,36)13-1-14(26(37,38)39)6-21(5-13)33(22-7-15(27(40,41)42)2-16(8-22)28(43,44)45,23-9-17(29(46,47)48)3-18(10-23)30(49,50)51)24-11-19(31(52,53)54)4-20(12-24)32(55,56)57;1-4-5-7(2,3)6/h1-12H;4H,1,5H2,2-3H3/q-1;+1. The molecule has 354 valence electrons. The second-order valence-electron chi connectivity index (χ2n) is 14.1. The SMILES string of the molecule is C=CC[S+](C)(C)=O.FC(F)(F)c1cc([B-](c2cc(C(F)(F)F)cc(C(F)(F)F)c2)(c2cc(C(F)(F)F)cc(C(F)(F)F)c2)c2cc(C(F)(F)F)cc(C(F)(F)F)c2)cc(C(F)(F)F)c1. The first-order valence-electron chi connectivity index (χ1n) is 16.7. The largest absolute Gasteiger partial charge is 0.416 e. The lowest BCUT2D eigenvalue weighted by Gasteiger charge is -2.46. The molecule has 0 unspecified atom stereocenters. The van der Waals surface area contributed by atoms with Crippen molar-refractivity contribution in [2.75, 3.05) is 18.3 Å². The average Bonchev–Trinajstić information content (AvgIpc) is 3.08. The van der Waals surface area contributed by atoms with Crippen molar-refractivity contribution in [1.82, 2.24) is 0 Å². The number of benzene rings is 4. The average molecular weight is 982 g/mol. The van der Waals surface area contributed by atoms with Gasteiger partial charge in [0.2, 0.25) is 0 Å². The van der Waals surface area contributed by atoms with Crippen LogP contribution in [0.2, 0.25) is 0 Å². The van der Waals surface area contributed by atoms with Crippen LogP contribution in [0.15, 0.2) is 85.5 Å². The zero-order valence-corrected chi connectivity index (χ0v) is 32.2. The Morgan fingerprint density at radius 1 is 0.359 bits per heavy atom. The lowest BCUT2D eigenvalue weighted by Crippen LogP contribution is -2.75. The van der Waals surface area contributed by atoms with Gasteiger partial charge in [0.05, 0.1) is 54.4 Å². The van der Waals surface area contributed by atoms with Crippen LogP contribution in [0.4, 0.5) is 105 Å². The first-order chi connectivity index (χ1) is 28.3. The predicted molar refractivity (Wildman–Crippen MR) is 185 cm³/mol. The second kappa shape index (κ2) is 17.2. The van der Waals surface area contributed by atoms with Crippen LogP contribution in [0.1, 0.15) is 44.5 Å². The van der Waals surface area contributed by atoms with Gasteiger partial charge >= 0.3 is 49.4 Å². The van der Waals surface area contributed by atoms with E-state index in [1.54, 1.807) is 18.6 Å². The Bertz CT molecular complexity index is 1950. The molecule has 0 radical (unpaired) electrons. The van der Waals surface area contributed by atoms with E-state index in [1.807, 2.05) is 0 Å². The summed E-state index contributed by atoms with van der Waals surface area (Å²) in [4.78, 5) is 0. The molecule has 0 aliphatic carbocycles. The van der Waals surface area contributed by atoms with Crippen molar-refractivity contribution in [2.24, 2.45) is 0 Å². The predicted octanol–water partition coefficient (Wildman–Crippen LogP) is 12.1. The Balaban J connectivity index is 0.00000143. The topological polar surface area (TPSA) is 17.1 Å². The molecule has 27 heteroatoms.